The van der Waals surface area contributed by atoms with Crippen molar-refractivity contribution in [2.24, 2.45) is 5.73 Å². The molecule has 0 saturated carbocycles. The molecular weight excluding hydrogens is 496 g/mol. The average Bonchev–Trinajstić information content (AvgIpc) is 2.86. The van der Waals surface area contributed by atoms with Gasteiger partial charge in [-0.3, -0.25) is 14.4 Å². The van der Waals surface area contributed by atoms with Gasteiger partial charge in [0.25, 0.3) is 0 Å². The molecule has 9 N–H and O–H groups in total. The van der Waals surface area contributed by atoms with E-state index in [4.69, 9.17) is 5.73 Å². The Bertz CT molecular complexity index is 1090. The van der Waals surface area contributed by atoms with Gasteiger partial charge in [-0.25, -0.2) is 4.79 Å². The molecule has 0 spiro atoms. The summed E-state index contributed by atoms with van der Waals surface area (Å²) in [5, 5.41) is 45.7. The number of phenolic OH excluding ortho intramolecular Hbond substituents is 1. The maximum Gasteiger partial charge on any atom is 0.328 e. The largest absolute Gasteiger partial charge is 0.508 e. The van der Waals surface area contributed by atoms with E-state index in [0.717, 1.165) is 0 Å². The predicted octanol–water partition coefficient (Wildman–Crippen LogP) is -1.19. The number of hydrogen-bond donors (Lipinski definition) is 8. The third-order valence-electron chi connectivity index (χ3n) is 5.75. The van der Waals surface area contributed by atoms with E-state index >= 15 is 0 Å². The molecule has 0 fully saturated rings. The molecule has 0 radical (unpaired) electrons. The van der Waals surface area contributed by atoms with Crippen molar-refractivity contribution in [2.45, 2.75) is 63.1 Å². The maximum absolute atomic E-state index is 13.1. The lowest BCUT2D eigenvalue weighted by molar-refractivity contribution is -0.145. The van der Waals surface area contributed by atoms with Crippen molar-refractivity contribution in [3.8, 4) is 5.75 Å². The highest BCUT2D eigenvalue weighted by atomic mass is 16.4. The first-order valence-corrected chi connectivity index (χ1v) is 12.0. The van der Waals surface area contributed by atoms with E-state index in [-0.39, 0.29) is 18.6 Å². The fourth-order valence-corrected chi connectivity index (χ4v) is 3.61. The van der Waals surface area contributed by atoms with E-state index < -0.39 is 60.1 Å². The van der Waals surface area contributed by atoms with E-state index in [9.17, 15) is 39.6 Å². The number of rotatable bonds is 13. The monoisotopic (exact) mass is 530 g/mol. The second kappa shape index (κ2) is 14.1. The molecule has 0 aliphatic rings. The van der Waals surface area contributed by atoms with Crippen LogP contribution >= 0.6 is 0 Å². The Morgan fingerprint density at radius 2 is 1.26 bits per heavy atom. The van der Waals surface area contributed by atoms with Crippen molar-refractivity contribution in [3.05, 3.63) is 65.7 Å². The molecule has 0 saturated heterocycles. The summed E-state index contributed by atoms with van der Waals surface area (Å²) in [6.45, 7) is 2.47. The van der Waals surface area contributed by atoms with Gasteiger partial charge in [-0.2, -0.15) is 0 Å². The Labute approximate surface area is 219 Å². The van der Waals surface area contributed by atoms with Crippen LogP contribution in [0.15, 0.2) is 54.6 Å². The molecule has 12 nitrogen and oxygen atoms in total. The number of aliphatic hydroxyl groups excluding tert-OH is 2. The lowest BCUT2D eigenvalue weighted by Gasteiger charge is -2.27. The third kappa shape index (κ3) is 9.14. The smallest absolute Gasteiger partial charge is 0.328 e. The van der Waals surface area contributed by atoms with Crippen LogP contribution < -0.4 is 21.7 Å². The van der Waals surface area contributed by atoms with Crippen molar-refractivity contribution < 1.29 is 39.6 Å². The number of benzene rings is 2. The van der Waals surface area contributed by atoms with Crippen LogP contribution in [-0.2, 0) is 32.0 Å². The zero-order chi connectivity index (χ0) is 28.4. The first kappa shape index (κ1) is 30.2. The summed E-state index contributed by atoms with van der Waals surface area (Å²) in [7, 11) is 0. The molecule has 206 valence electrons. The highest BCUT2D eigenvalue weighted by Crippen LogP contribution is 2.11. The topological polar surface area (TPSA) is 211 Å². The highest BCUT2D eigenvalue weighted by molar-refractivity contribution is 5.94. The number of carbonyl (C=O) groups is 4. The van der Waals surface area contributed by atoms with Crippen LogP contribution in [0.5, 0.6) is 5.75 Å². The van der Waals surface area contributed by atoms with E-state index in [0.29, 0.717) is 11.1 Å². The van der Waals surface area contributed by atoms with Gasteiger partial charge in [0.15, 0.2) is 6.04 Å². The Morgan fingerprint density at radius 1 is 0.737 bits per heavy atom. The Balaban J connectivity index is 2.17. The number of carbonyl (C=O) groups excluding carboxylic acids is 3. The zero-order valence-corrected chi connectivity index (χ0v) is 21.1. The van der Waals surface area contributed by atoms with Crippen LogP contribution in [0.1, 0.15) is 25.0 Å². The van der Waals surface area contributed by atoms with Crippen molar-refractivity contribution in [3.63, 3.8) is 0 Å². The second-order valence-corrected chi connectivity index (χ2v) is 9.02. The van der Waals surface area contributed by atoms with Crippen LogP contribution in [0.4, 0.5) is 0 Å². The van der Waals surface area contributed by atoms with Gasteiger partial charge in [-0.1, -0.05) is 42.5 Å². The van der Waals surface area contributed by atoms with Gasteiger partial charge in [0.1, 0.15) is 17.8 Å². The van der Waals surface area contributed by atoms with Gasteiger partial charge in [0, 0.05) is 6.42 Å². The lowest BCUT2D eigenvalue weighted by atomic mass is 10.0. The molecule has 0 aliphatic heterocycles. The molecular formula is C26H34N4O8. The van der Waals surface area contributed by atoms with Gasteiger partial charge in [0.05, 0.1) is 18.2 Å². The molecule has 2 aromatic carbocycles. The molecule has 3 amide bonds. The van der Waals surface area contributed by atoms with Gasteiger partial charge < -0.3 is 42.1 Å². The van der Waals surface area contributed by atoms with Crippen molar-refractivity contribution >= 4 is 23.7 Å². The number of carboxylic acid groups (broad SMARTS) is 1. The van der Waals surface area contributed by atoms with Gasteiger partial charge >= 0.3 is 5.97 Å². The minimum Gasteiger partial charge on any atom is -0.508 e. The van der Waals surface area contributed by atoms with E-state index in [1.54, 1.807) is 42.5 Å². The first-order valence-electron chi connectivity index (χ1n) is 12.0. The average molecular weight is 531 g/mol. The molecule has 12 heteroatoms. The summed E-state index contributed by atoms with van der Waals surface area (Å²) >= 11 is 0. The number of aliphatic carboxylic acids is 1. The molecule has 2 aromatic rings. The minimum atomic E-state index is -1.62. The number of hydrogen-bond acceptors (Lipinski definition) is 8. The van der Waals surface area contributed by atoms with Crippen molar-refractivity contribution in [2.75, 3.05) is 0 Å². The molecule has 6 atom stereocenters. The number of aromatic hydroxyl groups is 1. The minimum absolute atomic E-state index is 0.0363. The maximum atomic E-state index is 13.1. The summed E-state index contributed by atoms with van der Waals surface area (Å²) in [6, 6.07) is 9.17. The number of amides is 3. The summed E-state index contributed by atoms with van der Waals surface area (Å²) in [4.78, 5) is 50.2. The first-order chi connectivity index (χ1) is 17.9. The summed E-state index contributed by atoms with van der Waals surface area (Å²) in [5.74, 6) is -3.92. The highest BCUT2D eigenvalue weighted by Gasteiger charge is 2.33. The zero-order valence-electron chi connectivity index (χ0n) is 21.1. The molecule has 0 aromatic heterocycles. The summed E-state index contributed by atoms with van der Waals surface area (Å²) < 4.78 is 0. The SMILES string of the molecule is CC(O)C(NC(=O)C(Cc1ccccc1)NC(=O)C(NC(=O)C(N)Cc1ccc(O)cc1)C(C)O)C(=O)O. The standard InChI is InChI=1S/C26H34N4O8/c1-14(31)21(29-23(34)19(27)12-17-8-10-18(33)11-9-17)25(36)28-20(13-16-6-4-3-5-7-16)24(35)30-22(15(2)32)26(37)38/h3-11,14-15,19-22,31-33H,12-13,27H2,1-2H3,(H,28,36)(H,29,34)(H,30,35)(H,37,38). The Morgan fingerprint density at radius 3 is 1.79 bits per heavy atom. The molecule has 0 aliphatic carbocycles. The molecule has 0 heterocycles. The summed E-state index contributed by atoms with van der Waals surface area (Å²) in [5.41, 5.74) is 7.27. The number of aliphatic hydroxyl groups is 2. The molecule has 38 heavy (non-hydrogen) atoms. The molecule has 6 unspecified atom stereocenters. The molecule has 2 rings (SSSR count). The number of carboxylic acids is 1. The van der Waals surface area contributed by atoms with Gasteiger partial charge in [0.2, 0.25) is 17.7 Å². The quantitative estimate of drug-likeness (QED) is 0.156. The molecule has 0 bridgehead atoms. The van der Waals surface area contributed by atoms with Crippen LogP contribution in [0.25, 0.3) is 0 Å². The lowest BCUT2D eigenvalue weighted by Crippen LogP contribution is -2.61. The number of nitrogens with two attached hydrogens (primary N) is 1. The predicted molar refractivity (Wildman–Crippen MR) is 137 cm³/mol. The normalized spacial score (nSPS) is 15.7. The van der Waals surface area contributed by atoms with E-state index in [2.05, 4.69) is 16.0 Å². The third-order valence-corrected chi connectivity index (χ3v) is 5.75. The van der Waals surface area contributed by atoms with Gasteiger partial charge in [-0.05, 0) is 43.5 Å². The summed E-state index contributed by atoms with van der Waals surface area (Å²) in [6.07, 6.45) is -2.73. The fourth-order valence-electron chi connectivity index (χ4n) is 3.61. The van der Waals surface area contributed by atoms with Crippen LogP contribution in [0, 0.1) is 0 Å². The fraction of sp³-hybridized carbons (Fsp3) is 0.385. The van der Waals surface area contributed by atoms with Crippen molar-refractivity contribution in [1.82, 2.24) is 16.0 Å². The van der Waals surface area contributed by atoms with Crippen LogP contribution in [0.2, 0.25) is 0 Å². The number of nitrogens with one attached hydrogen (secondary N) is 3. The van der Waals surface area contributed by atoms with E-state index in [1.165, 1.54) is 26.0 Å². The number of phenols is 1. The van der Waals surface area contributed by atoms with Crippen LogP contribution in [0.3, 0.4) is 0 Å². The second-order valence-electron chi connectivity index (χ2n) is 9.02. The van der Waals surface area contributed by atoms with Gasteiger partial charge in [-0.15, -0.1) is 0 Å². The van der Waals surface area contributed by atoms with Crippen molar-refractivity contribution in [1.29, 1.82) is 0 Å². The Kier molecular flexibility index (Phi) is 11.2. The van der Waals surface area contributed by atoms with Crippen LogP contribution in [-0.4, -0.2) is 80.5 Å². The Hall–Kier alpha value is -4.00. The van der Waals surface area contributed by atoms with E-state index in [1.807, 2.05) is 0 Å².